The summed E-state index contributed by atoms with van der Waals surface area (Å²) in [6.07, 6.45) is 3.44. The number of fused-ring (bicyclic) bond motifs is 1. The molecular formula is C16H18BN3O5. The van der Waals surface area contributed by atoms with Crippen molar-refractivity contribution >= 4 is 18.9 Å². The number of benzene rings is 1. The lowest BCUT2D eigenvalue weighted by atomic mass is 9.64. The van der Waals surface area contributed by atoms with Gasteiger partial charge in [0.2, 0.25) is 0 Å². The van der Waals surface area contributed by atoms with Crippen LogP contribution in [0.15, 0.2) is 30.7 Å². The Balaban J connectivity index is 1.78. The first-order chi connectivity index (χ1) is 12.0. The zero-order valence-electron chi connectivity index (χ0n) is 13.5. The number of aromatic nitrogens is 2. The van der Waals surface area contributed by atoms with Crippen LogP contribution in [-0.2, 0) is 13.0 Å². The van der Waals surface area contributed by atoms with Gasteiger partial charge in [0.25, 0.3) is 0 Å². The second-order valence-electron chi connectivity index (χ2n) is 5.96. The van der Waals surface area contributed by atoms with E-state index in [0.29, 0.717) is 30.8 Å². The third kappa shape index (κ3) is 3.42. The molecule has 0 spiro atoms. The Morgan fingerprint density at radius 1 is 1.44 bits per heavy atom. The van der Waals surface area contributed by atoms with Crippen LogP contribution in [0.4, 0.5) is 0 Å². The number of carboxylic acid groups (broad SMARTS) is 1. The lowest BCUT2D eigenvalue weighted by molar-refractivity contribution is 0.0693. The summed E-state index contributed by atoms with van der Waals surface area (Å²) in [5, 5.41) is 19.4. The molecular weight excluding hydrogens is 325 g/mol. The standard InChI is InChI=1S/C16H18BN3O5/c18-4-5-20-9-19-8-13(20)14(21)7-11-6-10-2-1-3-12(16(22)23)15(10)25-17(11)24/h1-3,8-9,11,24H,4-7,18H2,(H,22,23)/t11-/m1/s1. The maximum atomic E-state index is 12.5. The van der Waals surface area contributed by atoms with Crippen LogP contribution in [0, 0.1) is 0 Å². The van der Waals surface area contributed by atoms with E-state index in [0.717, 1.165) is 0 Å². The summed E-state index contributed by atoms with van der Waals surface area (Å²) < 4.78 is 7.09. The largest absolute Gasteiger partial charge is 0.535 e. The summed E-state index contributed by atoms with van der Waals surface area (Å²) >= 11 is 0. The van der Waals surface area contributed by atoms with Gasteiger partial charge in [-0.05, 0) is 18.1 Å². The van der Waals surface area contributed by atoms with Gasteiger partial charge in [0, 0.05) is 25.3 Å². The minimum atomic E-state index is -1.25. The molecule has 4 N–H and O–H groups in total. The molecule has 0 unspecified atom stereocenters. The lowest BCUT2D eigenvalue weighted by Gasteiger charge is -2.28. The molecule has 9 heteroatoms. The van der Waals surface area contributed by atoms with E-state index >= 15 is 0 Å². The molecule has 130 valence electrons. The number of carbonyl (C=O) groups is 2. The maximum Gasteiger partial charge on any atom is 0.526 e. The van der Waals surface area contributed by atoms with Gasteiger partial charge in [-0.15, -0.1) is 0 Å². The summed E-state index contributed by atoms with van der Waals surface area (Å²) in [5.41, 5.74) is 6.62. The molecule has 25 heavy (non-hydrogen) atoms. The third-order valence-corrected chi connectivity index (χ3v) is 4.27. The fraction of sp³-hybridized carbons (Fsp3) is 0.312. The highest BCUT2D eigenvalue weighted by Gasteiger charge is 2.38. The van der Waals surface area contributed by atoms with Crippen molar-refractivity contribution in [1.82, 2.24) is 9.55 Å². The van der Waals surface area contributed by atoms with E-state index in [1.165, 1.54) is 12.3 Å². The Morgan fingerprint density at radius 3 is 2.96 bits per heavy atom. The molecule has 0 radical (unpaired) electrons. The van der Waals surface area contributed by atoms with Crippen molar-refractivity contribution in [3.63, 3.8) is 0 Å². The van der Waals surface area contributed by atoms with E-state index in [4.69, 9.17) is 10.4 Å². The molecule has 0 saturated carbocycles. The number of Topliss-reactive ketones (excluding diaryl/α,β-unsaturated/α-hetero) is 1. The van der Waals surface area contributed by atoms with E-state index in [-0.39, 0.29) is 23.5 Å². The summed E-state index contributed by atoms with van der Waals surface area (Å²) in [4.78, 5) is 27.8. The van der Waals surface area contributed by atoms with Gasteiger partial charge >= 0.3 is 13.1 Å². The highest BCUT2D eigenvalue weighted by Crippen LogP contribution is 2.36. The number of carboxylic acids is 1. The molecule has 2 heterocycles. The monoisotopic (exact) mass is 343 g/mol. The molecule has 1 aliphatic heterocycles. The van der Waals surface area contributed by atoms with Crippen LogP contribution < -0.4 is 10.4 Å². The van der Waals surface area contributed by atoms with Gasteiger partial charge in [0.1, 0.15) is 11.4 Å². The van der Waals surface area contributed by atoms with E-state index in [1.54, 1.807) is 23.0 Å². The molecule has 1 atom stereocenters. The topological polar surface area (TPSA) is 128 Å². The molecule has 0 saturated heterocycles. The minimum absolute atomic E-state index is 0.00217. The van der Waals surface area contributed by atoms with Crippen molar-refractivity contribution < 1.29 is 24.4 Å². The number of nitrogens with zero attached hydrogens (tertiary/aromatic N) is 2. The molecule has 1 aromatic heterocycles. The van der Waals surface area contributed by atoms with Crippen molar-refractivity contribution in [2.75, 3.05) is 6.54 Å². The molecule has 0 bridgehead atoms. The Kier molecular flexibility index (Phi) is 4.87. The second kappa shape index (κ2) is 7.08. The number of aromatic carboxylic acids is 1. The number of rotatable bonds is 6. The van der Waals surface area contributed by atoms with Gasteiger partial charge in [0.15, 0.2) is 5.78 Å². The van der Waals surface area contributed by atoms with Gasteiger partial charge in [0.05, 0.1) is 18.1 Å². The summed E-state index contributed by atoms with van der Waals surface area (Å²) in [7, 11) is -1.25. The fourth-order valence-corrected chi connectivity index (χ4v) is 3.04. The highest BCUT2D eigenvalue weighted by molar-refractivity contribution is 6.47. The van der Waals surface area contributed by atoms with Crippen molar-refractivity contribution in [3.05, 3.63) is 47.5 Å². The van der Waals surface area contributed by atoms with Crippen LogP contribution in [0.1, 0.15) is 32.8 Å². The highest BCUT2D eigenvalue weighted by atomic mass is 16.5. The number of para-hydroxylation sites is 1. The molecule has 1 aliphatic rings. The van der Waals surface area contributed by atoms with Gasteiger partial charge in [-0.2, -0.15) is 0 Å². The van der Waals surface area contributed by atoms with Gasteiger partial charge in [-0.3, -0.25) is 4.79 Å². The number of imidazole rings is 1. The van der Waals surface area contributed by atoms with Crippen molar-refractivity contribution in [2.45, 2.75) is 25.2 Å². The van der Waals surface area contributed by atoms with Gasteiger partial charge < -0.3 is 25.1 Å². The van der Waals surface area contributed by atoms with Crippen molar-refractivity contribution in [1.29, 1.82) is 0 Å². The Labute approximate surface area is 144 Å². The van der Waals surface area contributed by atoms with Crippen LogP contribution in [0.5, 0.6) is 5.75 Å². The van der Waals surface area contributed by atoms with Crippen LogP contribution in [0.3, 0.4) is 0 Å². The summed E-state index contributed by atoms with van der Waals surface area (Å²) in [6, 6.07) is 4.78. The average molecular weight is 343 g/mol. The molecule has 0 aliphatic carbocycles. The Morgan fingerprint density at radius 2 is 2.24 bits per heavy atom. The average Bonchev–Trinajstić information content (AvgIpc) is 3.03. The zero-order valence-corrected chi connectivity index (χ0v) is 13.5. The first-order valence-electron chi connectivity index (χ1n) is 7.94. The minimum Gasteiger partial charge on any atom is -0.535 e. The van der Waals surface area contributed by atoms with Crippen LogP contribution in [0.25, 0.3) is 0 Å². The zero-order chi connectivity index (χ0) is 18.0. The first kappa shape index (κ1) is 17.2. The van der Waals surface area contributed by atoms with Crippen LogP contribution >= 0.6 is 0 Å². The SMILES string of the molecule is NCCn1cncc1C(=O)C[C@H]1Cc2cccc(C(=O)O)c2OB1O. The smallest absolute Gasteiger partial charge is 0.526 e. The Bertz CT molecular complexity index is 807. The Hall–Kier alpha value is -2.65. The first-order valence-corrected chi connectivity index (χ1v) is 7.94. The predicted molar refractivity (Wildman–Crippen MR) is 89.7 cm³/mol. The van der Waals surface area contributed by atoms with E-state index in [1.807, 2.05) is 0 Å². The molecule has 1 aromatic carbocycles. The quantitative estimate of drug-likeness (QED) is 0.517. The van der Waals surface area contributed by atoms with Crippen LogP contribution in [0.2, 0.25) is 5.82 Å². The predicted octanol–water partition coefficient (Wildman–Crippen LogP) is 0.599. The van der Waals surface area contributed by atoms with Gasteiger partial charge in [-0.25, -0.2) is 9.78 Å². The fourth-order valence-electron chi connectivity index (χ4n) is 3.04. The van der Waals surface area contributed by atoms with Crippen molar-refractivity contribution in [3.8, 4) is 5.75 Å². The molecule has 0 amide bonds. The summed E-state index contributed by atoms with van der Waals surface area (Å²) in [6.45, 7) is 0.868. The lowest BCUT2D eigenvalue weighted by Crippen LogP contribution is -2.36. The number of hydrogen-bond donors (Lipinski definition) is 3. The number of nitrogens with two attached hydrogens (primary N) is 1. The number of ketones is 1. The summed E-state index contributed by atoms with van der Waals surface area (Å²) in [5.74, 6) is -1.59. The van der Waals surface area contributed by atoms with Gasteiger partial charge in [-0.1, -0.05) is 12.1 Å². The van der Waals surface area contributed by atoms with E-state index in [2.05, 4.69) is 4.98 Å². The van der Waals surface area contributed by atoms with Crippen LogP contribution in [-0.4, -0.2) is 45.1 Å². The molecule has 2 aromatic rings. The molecule has 8 nitrogen and oxygen atoms in total. The van der Waals surface area contributed by atoms with Crippen molar-refractivity contribution in [2.24, 2.45) is 5.73 Å². The normalized spacial score (nSPS) is 16.2. The molecule has 3 rings (SSSR count). The number of hydrogen-bond acceptors (Lipinski definition) is 6. The molecule has 0 fully saturated rings. The van der Waals surface area contributed by atoms with E-state index < -0.39 is 18.9 Å². The van der Waals surface area contributed by atoms with E-state index in [9.17, 15) is 19.7 Å². The number of carbonyl (C=O) groups excluding carboxylic acids is 1. The maximum absolute atomic E-state index is 12.5. The third-order valence-electron chi connectivity index (χ3n) is 4.27. The second-order valence-corrected chi connectivity index (χ2v) is 5.96.